The Hall–Kier alpha value is -1.94. The van der Waals surface area contributed by atoms with Crippen molar-refractivity contribution >= 4 is 40.4 Å². The van der Waals surface area contributed by atoms with Crippen LogP contribution in [0.4, 0.5) is 5.69 Å². The SMILES string of the molecule is N[C@H]1CN(I)C(=O)c2c(C(=O)Nc3cccnc3)ccn21. The van der Waals surface area contributed by atoms with Crippen molar-refractivity contribution in [2.24, 2.45) is 5.73 Å². The van der Waals surface area contributed by atoms with E-state index >= 15 is 0 Å². The van der Waals surface area contributed by atoms with Crippen molar-refractivity contribution in [2.75, 3.05) is 11.9 Å². The van der Waals surface area contributed by atoms with E-state index in [0.29, 0.717) is 23.5 Å². The number of halogens is 1. The lowest BCUT2D eigenvalue weighted by atomic mass is 10.2. The van der Waals surface area contributed by atoms with Gasteiger partial charge in [-0.1, -0.05) is 0 Å². The Morgan fingerprint density at radius 1 is 1.48 bits per heavy atom. The van der Waals surface area contributed by atoms with Gasteiger partial charge in [0.25, 0.3) is 11.8 Å². The molecule has 3 N–H and O–H groups in total. The molecule has 3 heterocycles. The van der Waals surface area contributed by atoms with E-state index in [1.165, 1.54) is 3.11 Å². The van der Waals surface area contributed by atoms with Gasteiger partial charge < -0.3 is 15.6 Å². The van der Waals surface area contributed by atoms with Crippen molar-refractivity contribution in [3.8, 4) is 0 Å². The number of fused-ring (bicyclic) bond motifs is 1. The van der Waals surface area contributed by atoms with Crippen LogP contribution in [0.2, 0.25) is 0 Å². The van der Waals surface area contributed by atoms with Gasteiger partial charge in [0.1, 0.15) is 11.9 Å². The Labute approximate surface area is 134 Å². The molecular formula is C13H12IN5O2. The van der Waals surface area contributed by atoms with Crippen molar-refractivity contribution in [1.29, 1.82) is 0 Å². The molecule has 2 aromatic heterocycles. The molecule has 108 valence electrons. The van der Waals surface area contributed by atoms with Crippen LogP contribution in [-0.2, 0) is 0 Å². The van der Waals surface area contributed by atoms with E-state index in [4.69, 9.17) is 5.73 Å². The summed E-state index contributed by atoms with van der Waals surface area (Å²) in [7, 11) is 0. The number of nitrogens with one attached hydrogen (secondary N) is 1. The average molecular weight is 397 g/mol. The predicted molar refractivity (Wildman–Crippen MR) is 84.9 cm³/mol. The summed E-state index contributed by atoms with van der Waals surface area (Å²) >= 11 is 1.90. The minimum Gasteiger partial charge on any atom is -0.325 e. The Balaban J connectivity index is 1.94. The van der Waals surface area contributed by atoms with E-state index in [0.717, 1.165) is 0 Å². The smallest absolute Gasteiger partial charge is 0.280 e. The lowest BCUT2D eigenvalue weighted by Crippen LogP contribution is -2.41. The molecule has 0 saturated carbocycles. The molecular weight excluding hydrogens is 385 g/mol. The molecule has 1 aliphatic heterocycles. The van der Waals surface area contributed by atoms with Gasteiger partial charge in [-0.2, -0.15) is 0 Å². The fourth-order valence-corrected chi connectivity index (χ4v) is 2.85. The molecule has 1 aliphatic rings. The molecule has 2 amide bonds. The highest BCUT2D eigenvalue weighted by Crippen LogP contribution is 2.25. The third kappa shape index (κ3) is 2.51. The molecule has 0 unspecified atom stereocenters. The third-order valence-corrected chi connectivity index (χ3v) is 4.04. The summed E-state index contributed by atoms with van der Waals surface area (Å²) in [5.41, 5.74) is 7.17. The molecule has 2 aromatic rings. The molecule has 0 aromatic carbocycles. The highest BCUT2D eigenvalue weighted by atomic mass is 127. The van der Waals surface area contributed by atoms with Crippen molar-refractivity contribution < 1.29 is 9.59 Å². The van der Waals surface area contributed by atoms with Crippen molar-refractivity contribution in [1.82, 2.24) is 12.7 Å². The minimum atomic E-state index is -0.357. The molecule has 7 nitrogen and oxygen atoms in total. The maximum absolute atomic E-state index is 12.3. The Morgan fingerprint density at radius 3 is 3.00 bits per heavy atom. The van der Waals surface area contributed by atoms with Crippen LogP contribution in [0.3, 0.4) is 0 Å². The van der Waals surface area contributed by atoms with Crippen LogP contribution < -0.4 is 11.1 Å². The lowest BCUT2D eigenvalue weighted by molar-refractivity contribution is 0.0828. The summed E-state index contributed by atoms with van der Waals surface area (Å²) in [4.78, 5) is 28.5. The molecule has 0 radical (unpaired) electrons. The summed E-state index contributed by atoms with van der Waals surface area (Å²) < 4.78 is 3.12. The molecule has 0 saturated heterocycles. The number of rotatable bonds is 2. The summed E-state index contributed by atoms with van der Waals surface area (Å²) in [5, 5.41) is 2.72. The first-order chi connectivity index (χ1) is 10.1. The number of carbonyl (C=O) groups is 2. The quantitative estimate of drug-likeness (QED) is 0.592. The van der Waals surface area contributed by atoms with Gasteiger partial charge in [0.05, 0.1) is 46.9 Å². The van der Waals surface area contributed by atoms with Gasteiger partial charge in [-0.05, 0) is 18.2 Å². The van der Waals surface area contributed by atoms with Gasteiger partial charge >= 0.3 is 0 Å². The number of nitrogens with zero attached hydrogens (tertiary/aromatic N) is 3. The fourth-order valence-electron chi connectivity index (χ4n) is 2.22. The van der Waals surface area contributed by atoms with Crippen molar-refractivity contribution in [3.05, 3.63) is 48.0 Å². The van der Waals surface area contributed by atoms with E-state index in [2.05, 4.69) is 10.3 Å². The fraction of sp³-hybridized carbons (Fsp3) is 0.154. The van der Waals surface area contributed by atoms with E-state index in [-0.39, 0.29) is 18.0 Å². The van der Waals surface area contributed by atoms with Crippen LogP contribution in [0.15, 0.2) is 36.8 Å². The second-order valence-corrected chi connectivity index (χ2v) is 5.76. The highest BCUT2D eigenvalue weighted by Gasteiger charge is 2.32. The monoisotopic (exact) mass is 397 g/mol. The predicted octanol–water partition coefficient (Wildman–Crippen LogP) is 1.40. The van der Waals surface area contributed by atoms with Crippen LogP contribution in [0.1, 0.15) is 27.0 Å². The molecule has 1 atom stereocenters. The Bertz CT molecular complexity index is 700. The zero-order chi connectivity index (χ0) is 15.0. The van der Waals surface area contributed by atoms with Gasteiger partial charge in [0.15, 0.2) is 0 Å². The zero-order valence-corrected chi connectivity index (χ0v) is 13.0. The number of hydrogen-bond donors (Lipinski definition) is 2. The van der Waals surface area contributed by atoms with Gasteiger partial charge in [-0.25, -0.2) is 0 Å². The molecule has 0 bridgehead atoms. The minimum absolute atomic E-state index is 0.223. The van der Waals surface area contributed by atoms with Gasteiger partial charge in [0, 0.05) is 12.4 Å². The number of nitrogens with two attached hydrogens (primary N) is 1. The number of aromatic nitrogens is 2. The van der Waals surface area contributed by atoms with Crippen LogP contribution >= 0.6 is 22.9 Å². The van der Waals surface area contributed by atoms with Gasteiger partial charge in [-0.15, -0.1) is 0 Å². The topological polar surface area (TPSA) is 93.2 Å². The molecule has 0 fully saturated rings. The molecule has 8 heteroatoms. The number of hydrogen-bond acceptors (Lipinski definition) is 4. The van der Waals surface area contributed by atoms with Gasteiger partial charge in [0.2, 0.25) is 0 Å². The first kappa shape index (κ1) is 14.0. The summed E-state index contributed by atoms with van der Waals surface area (Å²) in [5.74, 6) is -0.581. The number of amides is 2. The highest BCUT2D eigenvalue weighted by molar-refractivity contribution is 14.1. The maximum atomic E-state index is 12.3. The second kappa shape index (κ2) is 5.45. The average Bonchev–Trinajstić information content (AvgIpc) is 2.91. The van der Waals surface area contributed by atoms with Crippen molar-refractivity contribution in [2.45, 2.75) is 6.17 Å². The van der Waals surface area contributed by atoms with Crippen LogP contribution in [0.25, 0.3) is 0 Å². The van der Waals surface area contributed by atoms with E-state index in [1.807, 2.05) is 22.9 Å². The van der Waals surface area contributed by atoms with Gasteiger partial charge in [-0.3, -0.25) is 17.7 Å². The van der Waals surface area contributed by atoms with E-state index in [1.54, 1.807) is 41.4 Å². The van der Waals surface area contributed by atoms with E-state index in [9.17, 15) is 9.59 Å². The number of pyridine rings is 1. The number of carbonyl (C=O) groups excluding carboxylic acids is 2. The Morgan fingerprint density at radius 2 is 2.29 bits per heavy atom. The molecule has 3 rings (SSSR count). The largest absolute Gasteiger partial charge is 0.325 e. The lowest BCUT2D eigenvalue weighted by Gasteiger charge is -2.28. The van der Waals surface area contributed by atoms with Crippen LogP contribution in [0.5, 0.6) is 0 Å². The zero-order valence-electron chi connectivity index (χ0n) is 10.9. The summed E-state index contributed by atoms with van der Waals surface area (Å²) in [6.07, 6.45) is 4.47. The first-order valence-electron chi connectivity index (χ1n) is 6.23. The molecule has 0 spiro atoms. The normalized spacial score (nSPS) is 17.5. The molecule has 0 aliphatic carbocycles. The standard InChI is InChI=1S/C13H12IN5O2/c14-19-7-10(15)18-5-3-9(11(18)13(19)21)12(20)17-8-2-1-4-16-6-8/h1-6,10H,7,15H2,(H,17,20)/t10-/m1/s1. The van der Waals surface area contributed by atoms with Crippen LogP contribution in [-0.4, -0.2) is 31.0 Å². The maximum Gasteiger partial charge on any atom is 0.280 e. The number of anilines is 1. The Kier molecular flexibility index (Phi) is 3.64. The van der Waals surface area contributed by atoms with Crippen LogP contribution in [0, 0.1) is 0 Å². The van der Waals surface area contributed by atoms with E-state index < -0.39 is 0 Å². The second-order valence-electron chi connectivity index (χ2n) is 4.60. The third-order valence-electron chi connectivity index (χ3n) is 3.21. The summed E-state index contributed by atoms with van der Waals surface area (Å²) in [6.45, 7) is 0.407. The molecule has 21 heavy (non-hydrogen) atoms. The van der Waals surface area contributed by atoms with Crippen molar-refractivity contribution in [3.63, 3.8) is 0 Å². The first-order valence-corrected chi connectivity index (χ1v) is 7.20. The summed E-state index contributed by atoms with van der Waals surface area (Å²) in [6, 6.07) is 5.05.